The van der Waals surface area contributed by atoms with Crippen molar-refractivity contribution in [2.45, 2.75) is 19.3 Å². The fraction of sp³-hybridized carbons (Fsp3) is 0.0246. The summed E-state index contributed by atoms with van der Waals surface area (Å²) >= 11 is 5.69. The van der Waals surface area contributed by atoms with Gasteiger partial charge in [0, 0.05) is 160 Å². The number of hydrogen-bond donors (Lipinski definition) is 0. The van der Waals surface area contributed by atoms with E-state index in [2.05, 4.69) is 371 Å². The molecule has 0 bridgehead atoms. The predicted molar refractivity (Wildman–Crippen MR) is 554 cm³/mol. The molecule has 608 valence electrons. The summed E-state index contributed by atoms with van der Waals surface area (Å²) in [6.07, 6.45) is 0. The van der Waals surface area contributed by atoms with Gasteiger partial charge in [-0.25, -0.2) is 4.98 Å². The number of anilines is 3. The number of benzene rings is 20. The number of thiophene rings is 3. The van der Waals surface area contributed by atoms with E-state index in [-0.39, 0.29) is 5.41 Å². The van der Waals surface area contributed by atoms with Gasteiger partial charge in [-0.05, 0) is 238 Å². The fourth-order valence-electron chi connectivity index (χ4n) is 23.3. The largest absolute Gasteiger partial charge is 0.456 e. The van der Waals surface area contributed by atoms with E-state index in [1.807, 2.05) is 58.3 Å². The van der Waals surface area contributed by atoms with Crippen LogP contribution in [0.25, 0.3) is 281 Å². The molecule has 0 fully saturated rings. The summed E-state index contributed by atoms with van der Waals surface area (Å²) in [5.74, 6) is 0. The second-order valence-corrected chi connectivity index (χ2v) is 39.2. The number of fused-ring (bicyclic) bond motifs is 9. The van der Waals surface area contributed by atoms with Gasteiger partial charge in [0.1, 0.15) is 44.7 Å². The molecule has 0 amide bonds. The Bertz CT molecular complexity index is 9990. The molecule has 0 N–H and O–H groups in total. The summed E-state index contributed by atoms with van der Waals surface area (Å²) in [5, 5.41) is 25.5. The first kappa shape index (κ1) is 72.1. The minimum absolute atomic E-state index is 0.0510. The summed E-state index contributed by atoms with van der Waals surface area (Å²) < 4.78 is 33.5. The Morgan fingerprint density at radius 2 is 0.679 bits per heavy atom. The molecule has 0 saturated heterocycles. The van der Waals surface area contributed by atoms with Crippen molar-refractivity contribution < 1.29 is 17.7 Å². The molecule has 28 aromatic rings. The lowest BCUT2D eigenvalue weighted by atomic mass is 9.80. The van der Waals surface area contributed by atoms with Crippen molar-refractivity contribution in [2.24, 2.45) is 0 Å². The Kier molecular flexibility index (Phi) is 14.6. The third-order valence-electron chi connectivity index (χ3n) is 28.8. The van der Waals surface area contributed by atoms with Gasteiger partial charge >= 0.3 is 0 Å². The van der Waals surface area contributed by atoms with Crippen LogP contribution in [0.1, 0.15) is 25.0 Å². The standard InChI is InChI=1S/C46H25NO2S.C43H26OS.C33H17NOS/c1-2-9-28(10-3-1)47(30-18-19-33-32-12-4-5-14-35(32)48-38(33)25-30)29-11-6-8-27(24-29)31-20-23-40-46-42(31)34-13-7-15-36-43(34)44-37(49-36)21-16-26-17-22-39(50-40)45(46)41(26)44;1-43(2)31-15-6-13-26-27-14-8-18-35-39(27)42-36(45-35)22-30(28-19-20-32(43)41(38(26)31)40(28)42)24-10-5-9-23(21-24)25-12-7-17-34-37(25)29-11-3-4-16-33(29)44-34;1-2-6-18(7-3-1)22-9-5-10-23(34-22)20-14-17-27-33-29(20)21-8-4-11-24-30(21)31-25(35-24)15-12-19-13-16-26(36-27)32(33)28(19)31/h1-25H;3-22H,1-2H3;1-17H. The van der Waals surface area contributed by atoms with Crippen LogP contribution in [0.15, 0.2) is 394 Å². The highest BCUT2D eigenvalue weighted by atomic mass is 32.1. The highest BCUT2D eigenvalue weighted by Gasteiger charge is 2.41. The summed E-state index contributed by atoms with van der Waals surface area (Å²) in [5.41, 5.74) is 35.6. The quantitative estimate of drug-likeness (QED) is 0.151. The SMILES string of the molecule is CC1(C)c2cccc3c2-c2c1ccc1c(-c4cccc(-c5cccc6oc7ccccc7c56)c4)cc4sc5cccc-3c5c4c21.c1ccc(-c2cccc(-c3ccc4sc5ccc6ccc7oc8cccc9c8c7c6c5c4c3-9)n2)cc1.c1ccc(N(c2cccc(-c3ccc4sc5ccc6ccc7oc8cccc9c8c7c6c5c4c3-9)c2)c2ccc3c(c2)oc2ccccc23)cc1. The normalized spacial score (nSPS) is 13.0. The van der Waals surface area contributed by atoms with E-state index >= 15 is 0 Å². The van der Waals surface area contributed by atoms with Gasteiger partial charge in [0.15, 0.2) is 0 Å². The van der Waals surface area contributed by atoms with Crippen LogP contribution in [0.4, 0.5) is 17.1 Å². The van der Waals surface area contributed by atoms with E-state index in [0.717, 1.165) is 100 Å². The average Bonchev–Trinajstić information content (AvgIpc) is 1.89. The van der Waals surface area contributed by atoms with E-state index in [0.29, 0.717) is 0 Å². The summed E-state index contributed by atoms with van der Waals surface area (Å²) in [6, 6.07) is 136. The molecule has 20 aromatic carbocycles. The van der Waals surface area contributed by atoms with Crippen molar-refractivity contribution in [1.82, 2.24) is 4.98 Å². The molecule has 8 heterocycles. The van der Waals surface area contributed by atoms with Gasteiger partial charge in [-0.15, -0.1) is 34.0 Å². The minimum atomic E-state index is -0.0510. The van der Waals surface area contributed by atoms with Crippen LogP contribution in [-0.2, 0) is 5.41 Å². The van der Waals surface area contributed by atoms with Crippen LogP contribution < -0.4 is 4.90 Å². The first-order chi connectivity index (χ1) is 64.7. The Hall–Kier alpha value is -16.0. The van der Waals surface area contributed by atoms with Crippen LogP contribution in [0.2, 0.25) is 0 Å². The smallest absolute Gasteiger partial charge is 0.137 e. The van der Waals surface area contributed by atoms with Crippen LogP contribution in [-0.4, -0.2) is 4.98 Å². The van der Waals surface area contributed by atoms with Gasteiger partial charge in [-0.1, -0.05) is 250 Å². The molecule has 32 rings (SSSR count). The first-order valence-electron chi connectivity index (χ1n) is 44.7. The van der Waals surface area contributed by atoms with Crippen LogP contribution in [0.5, 0.6) is 0 Å². The summed E-state index contributed by atoms with van der Waals surface area (Å²) in [7, 11) is 0. The van der Waals surface area contributed by atoms with Gasteiger partial charge in [-0.2, -0.15) is 0 Å². The summed E-state index contributed by atoms with van der Waals surface area (Å²) in [4.78, 5) is 7.49. The molecule has 0 aliphatic heterocycles. The van der Waals surface area contributed by atoms with Crippen molar-refractivity contribution >= 4 is 232 Å². The molecule has 0 radical (unpaired) electrons. The fourth-order valence-corrected chi connectivity index (χ4v) is 26.7. The van der Waals surface area contributed by atoms with Gasteiger partial charge < -0.3 is 22.6 Å². The predicted octanol–water partition coefficient (Wildman–Crippen LogP) is 36.7. The maximum Gasteiger partial charge on any atom is 0.137 e. The number of nitrogens with zero attached hydrogens (tertiary/aromatic N) is 2. The second-order valence-electron chi connectivity index (χ2n) is 35.9. The van der Waals surface area contributed by atoms with E-state index in [1.165, 1.54) is 209 Å². The number of para-hydroxylation sites is 3. The molecular weight excluding hydrogens is 1650 g/mol. The molecule has 4 aliphatic carbocycles. The van der Waals surface area contributed by atoms with Crippen molar-refractivity contribution in [3.8, 4) is 100 Å². The van der Waals surface area contributed by atoms with Crippen molar-refractivity contribution in [2.75, 3.05) is 4.90 Å². The highest BCUT2D eigenvalue weighted by Crippen LogP contribution is 2.63. The zero-order valence-electron chi connectivity index (χ0n) is 70.5. The Balaban J connectivity index is 0.0000000958. The van der Waals surface area contributed by atoms with E-state index in [1.54, 1.807) is 0 Å². The lowest BCUT2D eigenvalue weighted by Gasteiger charge is -2.26. The lowest BCUT2D eigenvalue weighted by Crippen LogP contribution is -2.14. The number of aromatic nitrogens is 1. The van der Waals surface area contributed by atoms with E-state index < -0.39 is 0 Å². The minimum Gasteiger partial charge on any atom is -0.456 e. The van der Waals surface area contributed by atoms with Crippen molar-refractivity contribution in [3.05, 3.63) is 387 Å². The molecule has 131 heavy (non-hydrogen) atoms. The van der Waals surface area contributed by atoms with Crippen molar-refractivity contribution in [3.63, 3.8) is 0 Å². The Morgan fingerprint density at radius 1 is 0.214 bits per heavy atom. The molecule has 0 atom stereocenters. The molecule has 6 nitrogen and oxygen atoms in total. The number of pyridine rings is 1. The van der Waals surface area contributed by atoms with Crippen molar-refractivity contribution in [1.29, 1.82) is 0 Å². The molecule has 8 aromatic heterocycles. The maximum absolute atomic E-state index is 6.52. The third-order valence-corrected chi connectivity index (χ3v) is 32.1. The van der Waals surface area contributed by atoms with E-state index in [4.69, 9.17) is 22.7 Å². The third kappa shape index (κ3) is 10.0. The second kappa shape index (κ2) is 26.6. The molecule has 0 saturated carbocycles. The van der Waals surface area contributed by atoms with Crippen LogP contribution >= 0.6 is 34.0 Å². The Labute approximate surface area is 760 Å². The zero-order valence-corrected chi connectivity index (χ0v) is 73.0. The topological polar surface area (TPSA) is 68.7 Å². The number of rotatable bonds is 8. The molecule has 0 unspecified atom stereocenters. The lowest BCUT2D eigenvalue weighted by molar-refractivity contribution is 0.661. The maximum atomic E-state index is 6.52. The first-order valence-corrected chi connectivity index (χ1v) is 47.2. The highest BCUT2D eigenvalue weighted by molar-refractivity contribution is 7.27. The zero-order chi connectivity index (χ0) is 85.5. The number of hydrogen-bond acceptors (Lipinski definition) is 9. The Morgan fingerprint density at radius 3 is 1.41 bits per heavy atom. The van der Waals surface area contributed by atoms with Gasteiger partial charge in [-0.3, -0.25) is 0 Å². The van der Waals surface area contributed by atoms with Crippen LogP contribution in [0.3, 0.4) is 0 Å². The summed E-state index contributed by atoms with van der Waals surface area (Å²) in [6.45, 7) is 4.80. The van der Waals surface area contributed by atoms with E-state index in [9.17, 15) is 0 Å². The number of furan rings is 4. The van der Waals surface area contributed by atoms with Crippen LogP contribution in [0, 0.1) is 0 Å². The van der Waals surface area contributed by atoms with Gasteiger partial charge in [0.05, 0.1) is 11.4 Å². The molecule has 9 heteroatoms. The monoisotopic (exact) mass is 1720 g/mol. The molecule has 4 aliphatic rings. The van der Waals surface area contributed by atoms with Gasteiger partial charge in [0.25, 0.3) is 0 Å². The molecular formula is C122H68N2O4S3. The van der Waals surface area contributed by atoms with Gasteiger partial charge in [0.2, 0.25) is 0 Å². The average molecular weight is 1720 g/mol. The molecule has 0 spiro atoms.